The van der Waals surface area contributed by atoms with Crippen molar-refractivity contribution in [2.75, 3.05) is 5.32 Å². The molecule has 2 amide bonds. The van der Waals surface area contributed by atoms with Crippen LogP contribution in [0.2, 0.25) is 0 Å². The quantitative estimate of drug-likeness (QED) is 0.772. The highest BCUT2D eigenvalue weighted by Gasteiger charge is 2.25. The summed E-state index contributed by atoms with van der Waals surface area (Å²) in [4.78, 5) is 28.3. The first-order chi connectivity index (χ1) is 12.4. The summed E-state index contributed by atoms with van der Waals surface area (Å²) in [6.07, 6.45) is 4.80. The van der Waals surface area contributed by atoms with Crippen LogP contribution in [-0.2, 0) is 9.59 Å². The van der Waals surface area contributed by atoms with Gasteiger partial charge in [-0.3, -0.25) is 14.6 Å². The zero-order valence-corrected chi connectivity index (χ0v) is 15.6. The van der Waals surface area contributed by atoms with Crippen molar-refractivity contribution in [1.29, 1.82) is 0 Å². The molecule has 1 aromatic carbocycles. The number of pyridine rings is 1. The van der Waals surface area contributed by atoms with Crippen molar-refractivity contribution in [1.82, 2.24) is 10.3 Å². The van der Waals surface area contributed by atoms with E-state index in [-0.39, 0.29) is 5.54 Å². The molecule has 0 saturated carbocycles. The maximum absolute atomic E-state index is 12.1. The number of benzene rings is 1. The van der Waals surface area contributed by atoms with E-state index in [2.05, 4.69) is 15.6 Å². The highest BCUT2D eigenvalue weighted by Crippen LogP contribution is 2.26. The van der Waals surface area contributed by atoms with Crippen molar-refractivity contribution in [2.45, 2.75) is 46.1 Å². The van der Waals surface area contributed by atoms with Crippen LogP contribution in [0, 0.1) is 6.92 Å². The number of hydrogen-bond acceptors (Lipinski definition) is 4. The molecule has 1 aromatic heterocycles. The van der Waals surface area contributed by atoms with Crippen molar-refractivity contribution < 1.29 is 14.3 Å². The van der Waals surface area contributed by atoms with Crippen LogP contribution in [0.4, 0.5) is 5.69 Å². The van der Waals surface area contributed by atoms with Crippen molar-refractivity contribution in [3.05, 3.63) is 48.3 Å². The van der Waals surface area contributed by atoms with E-state index in [1.165, 1.54) is 0 Å². The fourth-order valence-corrected chi connectivity index (χ4v) is 2.32. The topological polar surface area (TPSA) is 80.3 Å². The number of rotatable bonds is 6. The van der Waals surface area contributed by atoms with Crippen LogP contribution in [0.15, 0.2) is 42.7 Å². The number of aryl methyl sites for hydroxylation is 1. The van der Waals surface area contributed by atoms with Crippen LogP contribution in [-0.4, -0.2) is 22.3 Å². The van der Waals surface area contributed by atoms with Crippen LogP contribution in [0.1, 0.15) is 39.2 Å². The Morgan fingerprint density at radius 3 is 2.46 bits per heavy atom. The van der Waals surface area contributed by atoms with Gasteiger partial charge in [0.1, 0.15) is 11.5 Å². The second-order valence-electron chi connectivity index (χ2n) is 6.45. The summed E-state index contributed by atoms with van der Waals surface area (Å²) in [5.41, 5.74) is 0.987. The van der Waals surface area contributed by atoms with E-state index in [0.717, 1.165) is 18.4 Å². The number of nitrogens with zero attached hydrogens (tertiary/aromatic N) is 1. The molecule has 2 aromatic rings. The molecule has 0 unspecified atom stereocenters. The maximum Gasteiger partial charge on any atom is 0.313 e. The van der Waals surface area contributed by atoms with E-state index >= 15 is 0 Å². The van der Waals surface area contributed by atoms with E-state index < -0.39 is 11.8 Å². The smallest absolute Gasteiger partial charge is 0.313 e. The van der Waals surface area contributed by atoms with Gasteiger partial charge in [0.25, 0.3) is 0 Å². The molecule has 0 spiro atoms. The molecule has 0 saturated heterocycles. The molecule has 0 aliphatic rings. The van der Waals surface area contributed by atoms with E-state index in [4.69, 9.17) is 4.74 Å². The highest BCUT2D eigenvalue weighted by atomic mass is 16.5. The second kappa shape index (κ2) is 8.47. The van der Waals surface area contributed by atoms with Gasteiger partial charge >= 0.3 is 11.8 Å². The molecular formula is C20H25N3O3. The first kappa shape index (κ1) is 19.4. The third kappa shape index (κ3) is 5.05. The van der Waals surface area contributed by atoms with E-state index in [9.17, 15) is 9.59 Å². The summed E-state index contributed by atoms with van der Waals surface area (Å²) in [5, 5.41) is 5.41. The van der Waals surface area contributed by atoms with Crippen molar-refractivity contribution >= 4 is 17.5 Å². The number of anilines is 1. The van der Waals surface area contributed by atoms with Gasteiger partial charge in [-0.05, 0) is 62.6 Å². The predicted molar refractivity (Wildman–Crippen MR) is 101 cm³/mol. The van der Waals surface area contributed by atoms with Crippen LogP contribution < -0.4 is 15.4 Å². The predicted octanol–water partition coefficient (Wildman–Crippen LogP) is 3.82. The standard InChI is InChI=1S/C20H25N3O3/c1-5-20(4,6-2)23-19(25)18(24)22-15-9-10-17(14(3)12-15)26-16-8-7-11-21-13-16/h7-13H,5-6H2,1-4H3,(H,22,24)(H,23,25). The monoisotopic (exact) mass is 355 g/mol. The molecule has 6 heteroatoms. The number of hydrogen-bond donors (Lipinski definition) is 2. The Hall–Kier alpha value is -2.89. The van der Waals surface area contributed by atoms with Gasteiger partial charge in [0, 0.05) is 17.4 Å². The minimum Gasteiger partial charge on any atom is -0.455 e. The first-order valence-corrected chi connectivity index (χ1v) is 8.69. The van der Waals surface area contributed by atoms with Gasteiger partial charge in [0.15, 0.2) is 0 Å². The van der Waals surface area contributed by atoms with Crippen LogP contribution in [0.5, 0.6) is 11.5 Å². The molecular weight excluding hydrogens is 330 g/mol. The Balaban J connectivity index is 2.02. The minimum atomic E-state index is -0.682. The summed E-state index contributed by atoms with van der Waals surface area (Å²) >= 11 is 0. The Labute approximate surface area is 154 Å². The number of ether oxygens (including phenoxy) is 1. The van der Waals surface area contributed by atoms with E-state index in [1.54, 1.807) is 36.7 Å². The van der Waals surface area contributed by atoms with Crippen LogP contribution in [0.3, 0.4) is 0 Å². The Morgan fingerprint density at radius 2 is 1.88 bits per heavy atom. The zero-order valence-electron chi connectivity index (χ0n) is 15.6. The van der Waals surface area contributed by atoms with E-state index in [0.29, 0.717) is 17.2 Å². The molecule has 0 radical (unpaired) electrons. The maximum atomic E-state index is 12.1. The minimum absolute atomic E-state index is 0.383. The molecule has 0 aliphatic carbocycles. The molecule has 0 atom stereocenters. The largest absolute Gasteiger partial charge is 0.455 e. The lowest BCUT2D eigenvalue weighted by atomic mass is 9.95. The number of nitrogens with one attached hydrogen (secondary N) is 2. The number of aromatic nitrogens is 1. The summed E-state index contributed by atoms with van der Waals surface area (Å²) in [6.45, 7) is 7.75. The van der Waals surface area contributed by atoms with Gasteiger partial charge in [-0.2, -0.15) is 0 Å². The molecule has 138 valence electrons. The summed E-state index contributed by atoms with van der Waals surface area (Å²) < 4.78 is 5.76. The summed E-state index contributed by atoms with van der Waals surface area (Å²) in [6, 6.07) is 8.81. The lowest BCUT2D eigenvalue weighted by Gasteiger charge is -2.27. The molecule has 6 nitrogen and oxygen atoms in total. The molecule has 2 N–H and O–H groups in total. The van der Waals surface area contributed by atoms with Gasteiger partial charge in [-0.25, -0.2) is 0 Å². The van der Waals surface area contributed by atoms with Crippen molar-refractivity contribution in [2.24, 2.45) is 0 Å². The number of amides is 2. The van der Waals surface area contributed by atoms with Gasteiger partial charge in [-0.1, -0.05) is 13.8 Å². The molecule has 0 bridgehead atoms. The Morgan fingerprint density at radius 1 is 1.15 bits per heavy atom. The van der Waals surface area contributed by atoms with Crippen LogP contribution >= 0.6 is 0 Å². The summed E-state index contributed by atoms with van der Waals surface area (Å²) in [5.74, 6) is -0.0295. The van der Waals surface area contributed by atoms with Gasteiger partial charge in [0.05, 0.1) is 6.20 Å². The fraction of sp³-hybridized carbons (Fsp3) is 0.350. The second-order valence-corrected chi connectivity index (χ2v) is 6.45. The SMILES string of the molecule is CCC(C)(CC)NC(=O)C(=O)Nc1ccc(Oc2cccnc2)c(C)c1. The fourth-order valence-electron chi connectivity index (χ4n) is 2.32. The lowest BCUT2D eigenvalue weighted by Crippen LogP contribution is -2.49. The van der Waals surface area contributed by atoms with Crippen molar-refractivity contribution in [3.63, 3.8) is 0 Å². The molecule has 2 rings (SSSR count). The molecule has 1 heterocycles. The average Bonchev–Trinajstić information content (AvgIpc) is 2.64. The first-order valence-electron chi connectivity index (χ1n) is 8.69. The van der Waals surface area contributed by atoms with Gasteiger partial charge in [-0.15, -0.1) is 0 Å². The number of carbonyl (C=O) groups is 2. The molecule has 26 heavy (non-hydrogen) atoms. The van der Waals surface area contributed by atoms with Crippen LogP contribution in [0.25, 0.3) is 0 Å². The van der Waals surface area contributed by atoms with Crippen molar-refractivity contribution in [3.8, 4) is 11.5 Å². The Bertz CT molecular complexity index is 771. The molecule has 0 fully saturated rings. The Kier molecular flexibility index (Phi) is 6.33. The molecule has 0 aliphatic heterocycles. The average molecular weight is 355 g/mol. The zero-order chi connectivity index (χ0) is 19.2. The lowest BCUT2D eigenvalue weighted by molar-refractivity contribution is -0.137. The van der Waals surface area contributed by atoms with E-state index in [1.807, 2.05) is 33.8 Å². The third-order valence-electron chi connectivity index (χ3n) is 4.48. The highest BCUT2D eigenvalue weighted by molar-refractivity contribution is 6.39. The van der Waals surface area contributed by atoms with Gasteiger partial charge in [0.2, 0.25) is 0 Å². The third-order valence-corrected chi connectivity index (χ3v) is 4.48. The number of carbonyl (C=O) groups excluding carboxylic acids is 2. The summed E-state index contributed by atoms with van der Waals surface area (Å²) in [7, 11) is 0. The normalized spacial score (nSPS) is 10.9. The van der Waals surface area contributed by atoms with Gasteiger partial charge < -0.3 is 15.4 Å².